The number of hydrogen-bond donors (Lipinski definition) is 1. The second-order valence-corrected chi connectivity index (χ2v) is 8.61. The lowest BCUT2D eigenvalue weighted by molar-refractivity contribution is -0.159. The summed E-state index contributed by atoms with van der Waals surface area (Å²) in [6.45, 7) is 4.93. The normalized spacial score (nSPS) is 11.1. The van der Waals surface area contributed by atoms with E-state index in [9.17, 15) is 19.2 Å². The summed E-state index contributed by atoms with van der Waals surface area (Å²) >= 11 is 0. The highest BCUT2D eigenvalue weighted by molar-refractivity contribution is 6.10. The summed E-state index contributed by atoms with van der Waals surface area (Å²) in [4.78, 5) is 53.0. The fourth-order valence-corrected chi connectivity index (χ4v) is 3.20. The van der Waals surface area contributed by atoms with Crippen LogP contribution in [-0.4, -0.2) is 46.1 Å². The Morgan fingerprint density at radius 2 is 1.63 bits per heavy atom. The number of fused-ring (bicyclic) bond motifs is 1. The van der Waals surface area contributed by atoms with Gasteiger partial charge in [0.2, 0.25) is 5.95 Å². The molecule has 0 aliphatic rings. The number of ketones is 1. The quantitative estimate of drug-likeness (QED) is 0.290. The zero-order valence-corrected chi connectivity index (χ0v) is 20.0. The highest BCUT2D eigenvalue weighted by atomic mass is 16.6. The number of nitrogens with zero attached hydrogens (tertiary/aromatic N) is 2. The number of nitrogens with one attached hydrogen (secondary N) is 1. The summed E-state index contributed by atoms with van der Waals surface area (Å²) in [5.41, 5.74) is 1.21. The average molecular weight is 482 g/mol. The van der Waals surface area contributed by atoms with Crippen LogP contribution >= 0.6 is 0 Å². The molecule has 10 nitrogen and oxygen atoms in total. The molecule has 10 heteroatoms. The van der Waals surface area contributed by atoms with Crippen molar-refractivity contribution in [2.45, 2.75) is 45.9 Å². The second kappa shape index (κ2) is 10.8. The zero-order valence-electron chi connectivity index (χ0n) is 20.0. The summed E-state index contributed by atoms with van der Waals surface area (Å²) < 4.78 is 16.6. The van der Waals surface area contributed by atoms with E-state index in [2.05, 4.69) is 15.0 Å². The molecule has 1 heterocycles. The molecular weight excluding hydrogens is 454 g/mol. The van der Waals surface area contributed by atoms with Crippen LogP contribution in [0.5, 0.6) is 0 Å². The van der Waals surface area contributed by atoms with Crippen molar-refractivity contribution >= 4 is 40.8 Å². The minimum Gasteiger partial charge on any atom is -0.460 e. The Labute approximate surface area is 202 Å². The number of ether oxygens (including phenoxy) is 3. The van der Waals surface area contributed by atoms with E-state index < -0.39 is 23.6 Å². The second-order valence-electron chi connectivity index (χ2n) is 8.61. The number of benzene rings is 2. The topological polar surface area (TPSA) is 126 Å². The Balaban J connectivity index is 1.78. The highest BCUT2D eigenvalue weighted by Gasteiger charge is 2.20. The molecule has 0 saturated carbocycles. The van der Waals surface area contributed by atoms with Gasteiger partial charge in [0.25, 0.3) is 0 Å². The number of amides is 1. The molecule has 0 unspecified atom stereocenters. The maximum atomic E-state index is 12.8. The number of hydrogen-bond acceptors (Lipinski definition) is 8. The van der Waals surface area contributed by atoms with E-state index in [1.54, 1.807) is 63.2 Å². The van der Waals surface area contributed by atoms with Gasteiger partial charge in [-0.1, -0.05) is 30.3 Å². The van der Waals surface area contributed by atoms with E-state index in [-0.39, 0.29) is 31.3 Å². The molecule has 0 aliphatic carbocycles. The first-order valence-electron chi connectivity index (χ1n) is 10.9. The maximum Gasteiger partial charge on any atom is 0.413 e. The average Bonchev–Trinajstić information content (AvgIpc) is 3.16. The number of carbonyl (C=O) groups excluding carboxylic acids is 4. The van der Waals surface area contributed by atoms with Crippen molar-refractivity contribution in [3.63, 3.8) is 0 Å². The largest absolute Gasteiger partial charge is 0.460 e. The van der Waals surface area contributed by atoms with Gasteiger partial charge in [0.15, 0.2) is 12.5 Å². The Morgan fingerprint density at radius 3 is 2.29 bits per heavy atom. The summed E-state index contributed by atoms with van der Waals surface area (Å²) in [5, 5.41) is 2.47. The molecule has 0 atom stereocenters. The Bertz CT molecular complexity index is 1240. The van der Waals surface area contributed by atoms with Gasteiger partial charge in [-0.3, -0.25) is 24.3 Å². The van der Waals surface area contributed by atoms with Crippen LogP contribution in [0.1, 0.15) is 49.5 Å². The Hall–Kier alpha value is -4.21. The van der Waals surface area contributed by atoms with Gasteiger partial charge in [0.05, 0.1) is 31.0 Å². The molecule has 1 amide bonds. The molecule has 3 aromatic rings. The molecule has 0 radical (unpaired) electrons. The maximum absolute atomic E-state index is 12.8. The lowest BCUT2D eigenvalue weighted by atomic mass is 10.0. The predicted octanol–water partition coefficient (Wildman–Crippen LogP) is 4.07. The van der Waals surface area contributed by atoms with Crippen molar-refractivity contribution in [3.8, 4) is 0 Å². The third kappa shape index (κ3) is 6.89. The number of aromatic nitrogens is 2. The molecule has 0 aliphatic heterocycles. The zero-order chi connectivity index (χ0) is 25.6. The van der Waals surface area contributed by atoms with E-state index >= 15 is 0 Å². The van der Waals surface area contributed by atoms with Gasteiger partial charge < -0.3 is 14.2 Å². The smallest absolute Gasteiger partial charge is 0.413 e. The molecule has 1 N–H and O–H groups in total. The fourth-order valence-electron chi connectivity index (χ4n) is 3.20. The molecule has 184 valence electrons. The monoisotopic (exact) mass is 481 g/mol. The standard InChI is InChI=1S/C25H27N3O7/c1-25(2,3)35-21(30)13-12-20(29)34-15-28-19-11-10-17(22(31)16-8-6-5-7-9-16)14-18(19)26-23(28)27-24(32)33-4/h5-11,14H,12-13,15H2,1-4H3,(H,26,27,32). The molecule has 35 heavy (non-hydrogen) atoms. The molecule has 0 bridgehead atoms. The molecule has 2 aromatic carbocycles. The van der Waals surface area contributed by atoms with E-state index in [4.69, 9.17) is 9.47 Å². The summed E-state index contributed by atoms with van der Waals surface area (Å²) in [5.74, 6) is -1.25. The number of imidazole rings is 1. The number of methoxy groups -OCH3 is 1. The minimum absolute atomic E-state index is 0.0658. The Kier molecular flexibility index (Phi) is 7.85. The molecule has 0 saturated heterocycles. The van der Waals surface area contributed by atoms with Crippen molar-refractivity contribution in [3.05, 3.63) is 59.7 Å². The molecule has 1 aromatic heterocycles. The van der Waals surface area contributed by atoms with Crippen LogP contribution in [0.2, 0.25) is 0 Å². The van der Waals surface area contributed by atoms with Crippen LogP contribution in [0, 0.1) is 0 Å². The minimum atomic E-state index is -0.765. The van der Waals surface area contributed by atoms with Gasteiger partial charge in [0.1, 0.15) is 5.60 Å². The SMILES string of the molecule is COC(=O)Nc1nc2cc(C(=O)c3ccccc3)ccc2n1COC(=O)CCC(=O)OC(C)(C)C. The fraction of sp³-hybridized carbons (Fsp3) is 0.320. The van der Waals surface area contributed by atoms with E-state index in [1.807, 2.05) is 6.07 Å². The predicted molar refractivity (Wildman–Crippen MR) is 127 cm³/mol. The summed E-state index contributed by atoms with van der Waals surface area (Å²) in [7, 11) is 1.20. The van der Waals surface area contributed by atoms with Crippen molar-refractivity contribution in [2.75, 3.05) is 12.4 Å². The van der Waals surface area contributed by atoms with Crippen LogP contribution in [0.15, 0.2) is 48.5 Å². The van der Waals surface area contributed by atoms with E-state index in [0.717, 1.165) is 0 Å². The number of anilines is 1. The van der Waals surface area contributed by atoms with Crippen LogP contribution in [0.3, 0.4) is 0 Å². The summed E-state index contributed by atoms with van der Waals surface area (Å²) in [6.07, 6.45) is -1.06. The molecule has 0 spiro atoms. The first-order chi connectivity index (χ1) is 16.6. The van der Waals surface area contributed by atoms with Gasteiger partial charge in [-0.05, 0) is 39.0 Å². The molecule has 3 rings (SSSR count). The molecule has 0 fully saturated rings. The third-order valence-electron chi connectivity index (χ3n) is 4.75. The van der Waals surface area contributed by atoms with Crippen molar-refractivity contribution < 1.29 is 33.4 Å². The van der Waals surface area contributed by atoms with Crippen LogP contribution in [-0.2, 0) is 30.5 Å². The number of esters is 2. The first kappa shape index (κ1) is 25.4. The Morgan fingerprint density at radius 1 is 0.943 bits per heavy atom. The van der Waals surface area contributed by atoms with E-state index in [0.29, 0.717) is 22.2 Å². The number of carbonyl (C=O) groups is 4. The molecular formula is C25H27N3O7. The van der Waals surface area contributed by atoms with Crippen LogP contribution in [0.25, 0.3) is 11.0 Å². The van der Waals surface area contributed by atoms with Crippen molar-refractivity contribution in [1.29, 1.82) is 0 Å². The number of rotatable bonds is 8. The lowest BCUT2D eigenvalue weighted by Gasteiger charge is -2.19. The van der Waals surface area contributed by atoms with Gasteiger partial charge in [-0.2, -0.15) is 0 Å². The summed E-state index contributed by atoms with van der Waals surface area (Å²) in [6, 6.07) is 13.7. The highest BCUT2D eigenvalue weighted by Crippen LogP contribution is 2.23. The van der Waals surface area contributed by atoms with Gasteiger partial charge in [-0.15, -0.1) is 0 Å². The van der Waals surface area contributed by atoms with Crippen molar-refractivity contribution in [2.24, 2.45) is 0 Å². The third-order valence-corrected chi connectivity index (χ3v) is 4.75. The van der Waals surface area contributed by atoms with Crippen molar-refractivity contribution in [1.82, 2.24) is 9.55 Å². The van der Waals surface area contributed by atoms with Crippen LogP contribution < -0.4 is 5.32 Å². The van der Waals surface area contributed by atoms with E-state index in [1.165, 1.54) is 11.7 Å². The first-order valence-corrected chi connectivity index (χ1v) is 10.9. The lowest BCUT2D eigenvalue weighted by Crippen LogP contribution is -2.24. The van der Waals surface area contributed by atoms with Crippen LogP contribution in [0.4, 0.5) is 10.7 Å². The van der Waals surface area contributed by atoms with Gasteiger partial charge in [0, 0.05) is 11.1 Å². The van der Waals surface area contributed by atoms with Gasteiger partial charge >= 0.3 is 18.0 Å². The van der Waals surface area contributed by atoms with Gasteiger partial charge in [-0.25, -0.2) is 9.78 Å².